The van der Waals surface area contributed by atoms with E-state index in [-0.39, 0.29) is 12.3 Å². The number of rotatable bonds is 14. The Labute approximate surface area is 212 Å². The van der Waals surface area contributed by atoms with Crippen molar-refractivity contribution in [2.24, 2.45) is 0 Å². The molecule has 0 aliphatic carbocycles. The van der Waals surface area contributed by atoms with E-state index >= 15 is 0 Å². The van der Waals surface area contributed by atoms with Gasteiger partial charge in [-0.2, -0.15) is 0 Å². The number of aryl methyl sites for hydroxylation is 1. The number of nitrogens with one attached hydrogen (secondary N) is 2. The van der Waals surface area contributed by atoms with Crippen molar-refractivity contribution in [3.05, 3.63) is 70.9 Å². The van der Waals surface area contributed by atoms with Crippen LogP contribution in [0.4, 0.5) is 5.69 Å². The molecule has 35 heavy (non-hydrogen) atoms. The highest BCUT2D eigenvalue weighted by Gasteiger charge is 2.12. The van der Waals surface area contributed by atoms with Crippen LogP contribution in [0.5, 0.6) is 5.75 Å². The number of furan rings is 1. The molecular weight excluding hydrogens is 487 g/mol. The van der Waals surface area contributed by atoms with Gasteiger partial charge in [0.25, 0.3) is 0 Å². The fourth-order valence-electron chi connectivity index (χ4n) is 3.70. The highest BCUT2D eigenvalue weighted by atomic mass is 35.5. The molecule has 3 rings (SSSR count). The first kappa shape index (κ1) is 27.3. The van der Waals surface area contributed by atoms with Crippen LogP contribution in [0.15, 0.2) is 59.2 Å². The van der Waals surface area contributed by atoms with Gasteiger partial charge in [0.15, 0.2) is 0 Å². The monoisotopic (exact) mass is 520 g/mol. The van der Waals surface area contributed by atoms with Crippen molar-refractivity contribution in [1.29, 1.82) is 0 Å². The maximum Gasteiger partial charge on any atom is 0.325 e. The number of hydrogen-bond acceptors (Lipinski definition) is 5. The predicted octanol–water partition coefficient (Wildman–Crippen LogP) is 6.09. The molecule has 7 nitrogen and oxygen atoms in total. The van der Waals surface area contributed by atoms with Gasteiger partial charge >= 0.3 is 7.60 Å². The van der Waals surface area contributed by atoms with Gasteiger partial charge in [0, 0.05) is 24.3 Å². The summed E-state index contributed by atoms with van der Waals surface area (Å²) in [5.74, 6) is 1.49. The van der Waals surface area contributed by atoms with Gasteiger partial charge in [-0.15, -0.1) is 0 Å². The van der Waals surface area contributed by atoms with Gasteiger partial charge in [0.1, 0.15) is 11.5 Å². The van der Waals surface area contributed by atoms with E-state index in [2.05, 4.69) is 22.8 Å². The van der Waals surface area contributed by atoms with E-state index < -0.39 is 7.60 Å². The standard InChI is InChI=1S/C26H34ClN2O5P/c1-19(2)34-26-11-9-20(17-23(26)27)6-3-13-29-24-10-8-21(16-22(24)25-7-4-14-33-25)18-28-12-5-15-35(30,31)32/h4,7-11,14,16-17,19,28-29H,3,5-6,12-13,15,18H2,1-2H3,(H2,30,31,32). The van der Waals surface area contributed by atoms with Gasteiger partial charge in [0.05, 0.1) is 23.6 Å². The molecule has 0 radical (unpaired) electrons. The molecule has 0 bridgehead atoms. The first-order valence-electron chi connectivity index (χ1n) is 11.8. The van der Waals surface area contributed by atoms with Crippen LogP contribution in [0.3, 0.4) is 0 Å². The Morgan fingerprint density at radius 2 is 1.86 bits per heavy atom. The van der Waals surface area contributed by atoms with E-state index in [0.29, 0.717) is 30.3 Å². The van der Waals surface area contributed by atoms with Crippen LogP contribution in [0.2, 0.25) is 5.02 Å². The molecule has 0 saturated heterocycles. The molecule has 0 aliphatic heterocycles. The van der Waals surface area contributed by atoms with Crippen LogP contribution in [0, 0.1) is 0 Å². The van der Waals surface area contributed by atoms with Crippen molar-refractivity contribution in [3.8, 4) is 17.1 Å². The molecule has 0 saturated carbocycles. The second-order valence-corrected chi connectivity index (χ2v) is 10.9. The summed E-state index contributed by atoms with van der Waals surface area (Å²) in [5, 5.41) is 7.40. The first-order chi connectivity index (χ1) is 16.7. The number of ether oxygens (including phenoxy) is 1. The molecule has 0 spiro atoms. The summed E-state index contributed by atoms with van der Waals surface area (Å²) in [4.78, 5) is 17.9. The lowest BCUT2D eigenvalue weighted by Crippen LogP contribution is -2.16. The molecule has 0 atom stereocenters. The highest BCUT2D eigenvalue weighted by Crippen LogP contribution is 2.34. The minimum Gasteiger partial charge on any atom is -0.489 e. The molecule has 0 fully saturated rings. The van der Waals surface area contributed by atoms with E-state index in [1.54, 1.807) is 6.26 Å². The second kappa shape index (κ2) is 13.1. The summed E-state index contributed by atoms with van der Waals surface area (Å²) in [6, 6.07) is 15.9. The SMILES string of the molecule is CC(C)Oc1ccc(CCCNc2ccc(CNCCCP(=O)(O)O)cc2-c2ccco2)cc1Cl. The van der Waals surface area contributed by atoms with Crippen LogP contribution in [0.1, 0.15) is 37.8 Å². The van der Waals surface area contributed by atoms with E-state index in [1.807, 2.05) is 50.2 Å². The number of anilines is 1. The lowest BCUT2D eigenvalue weighted by molar-refractivity contribution is 0.242. The van der Waals surface area contributed by atoms with Crippen LogP contribution >= 0.6 is 19.2 Å². The zero-order chi connectivity index (χ0) is 25.3. The fourth-order valence-corrected chi connectivity index (χ4v) is 4.52. The van der Waals surface area contributed by atoms with E-state index in [1.165, 1.54) is 5.56 Å². The number of halogens is 1. The molecule has 190 valence electrons. The highest BCUT2D eigenvalue weighted by molar-refractivity contribution is 7.51. The fraction of sp³-hybridized carbons (Fsp3) is 0.385. The van der Waals surface area contributed by atoms with Gasteiger partial charge in [-0.05, 0) is 87.2 Å². The summed E-state index contributed by atoms with van der Waals surface area (Å²) in [5.41, 5.74) is 4.20. The van der Waals surface area contributed by atoms with E-state index in [9.17, 15) is 4.57 Å². The summed E-state index contributed by atoms with van der Waals surface area (Å²) in [6.45, 7) is 5.88. The van der Waals surface area contributed by atoms with Crippen molar-refractivity contribution in [2.45, 2.75) is 45.8 Å². The van der Waals surface area contributed by atoms with Crippen LogP contribution in [-0.2, 0) is 17.5 Å². The average molecular weight is 521 g/mol. The average Bonchev–Trinajstić information content (AvgIpc) is 3.32. The molecule has 1 aromatic heterocycles. The van der Waals surface area contributed by atoms with Gasteiger partial charge < -0.3 is 29.6 Å². The minimum atomic E-state index is -3.94. The summed E-state index contributed by atoms with van der Waals surface area (Å²) < 4.78 is 22.3. The zero-order valence-corrected chi connectivity index (χ0v) is 21.8. The number of benzene rings is 2. The van der Waals surface area contributed by atoms with Gasteiger partial charge in [-0.1, -0.05) is 23.7 Å². The predicted molar refractivity (Wildman–Crippen MR) is 141 cm³/mol. The molecule has 0 aliphatic rings. The Bertz CT molecular complexity index is 1110. The van der Waals surface area contributed by atoms with E-state index in [0.717, 1.165) is 42.0 Å². The van der Waals surface area contributed by atoms with Crippen LogP contribution in [0.25, 0.3) is 11.3 Å². The Morgan fingerprint density at radius 1 is 1.06 bits per heavy atom. The van der Waals surface area contributed by atoms with Crippen molar-refractivity contribution in [3.63, 3.8) is 0 Å². The Kier molecular flexibility index (Phi) is 10.3. The van der Waals surface area contributed by atoms with Crippen molar-refractivity contribution in [2.75, 3.05) is 24.6 Å². The molecule has 3 aromatic rings. The molecule has 0 unspecified atom stereocenters. The van der Waals surface area contributed by atoms with Crippen molar-refractivity contribution < 1.29 is 23.5 Å². The largest absolute Gasteiger partial charge is 0.489 e. The zero-order valence-electron chi connectivity index (χ0n) is 20.2. The molecule has 9 heteroatoms. The normalized spacial score (nSPS) is 11.7. The third-order valence-corrected chi connectivity index (χ3v) is 6.51. The molecule has 1 heterocycles. The quantitative estimate of drug-likeness (QED) is 0.151. The maximum absolute atomic E-state index is 11.0. The van der Waals surface area contributed by atoms with Crippen molar-refractivity contribution in [1.82, 2.24) is 5.32 Å². The van der Waals surface area contributed by atoms with Crippen LogP contribution in [-0.4, -0.2) is 35.1 Å². The second-order valence-electron chi connectivity index (χ2n) is 8.74. The van der Waals surface area contributed by atoms with Crippen molar-refractivity contribution >= 4 is 24.9 Å². The van der Waals surface area contributed by atoms with Crippen LogP contribution < -0.4 is 15.4 Å². The summed E-state index contributed by atoms with van der Waals surface area (Å²) >= 11 is 6.36. The first-order valence-corrected chi connectivity index (χ1v) is 14.0. The molecule has 4 N–H and O–H groups in total. The molecule has 2 aromatic carbocycles. The summed E-state index contributed by atoms with van der Waals surface area (Å²) in [7, 11) is -3.94. The third-order valence-electron chi connectivity index (χ3n) is 5.32. The lowest BCUT2D eigenvalue weighted by atomic mass is 10.1. The summed E-state index contributed by atoms with van der Waals surface area (Å²) in [6.07, 6.45) is 3.88. The Morgan fingerprint density at radius 3 is 2.54 bits per heavy atom. The smallest absolute Gasteiger partial charge is 0.325 e. The molecule has 0 amide bonds. The third kappa shape index (κ3) is 9.36. The Balaban J connectivity index is 1.55. The van der Waals surface area contributed by atoms with E-state index in [4.69, 9.17) is 30.5 Å². The van der Waals surface area contributed by atoms with Gasteiger partial charge in [0.2, 0.25) is 0 Å². The minimum absolute atomic E-state index is 0.0842. The Hall–Kier alpha value is -2.28. The van der Waals surface area contributed by atoms with Gasteiger partial charge in [-0.3, -0.25) is 4.57 Å². The maximum atomic E-state index is 11.0. The lowest BCUT2D eigenvalue weighted by Gasteiger charge is -2.14. The van der Waals surface area contributed by atoms with Gasteiger partial charge in [-0.25, -0.2) is 0 Å². The molecular formula is C26H34ClN2O5P. The number of hydrogen-bond donors (Lipinski definition) is 4. The topological polar surface area (TPSA) is 104 Å².